The second-order valence-electron chi connectivity index (χ2n) is 1.68. The lowest BCUT2D eigenvalue weighted by Crippen LogP contribution is -2.01. The van der Waals surface area contributed by atoms with E-state index < -0.39 is 32.4 Å². The molecule has 0 aliphatic rings. The van der Waals surface area contributed by atoms with Crippen molar-refractivity contribution in [1.82, 2.24) is 0 Å². The zero-order chi connectivity index (χ0) is 14.1. The molecule has 0 bridgehead atoms. The topological polar surface area (TPSA) is 0 Å². The highest BCUT2D eigenvalue weighted by Crippen LogP contribution is 2.18. The zero-order valence-corrected chi connectivity index (χ0v) is 4.86. The lowest BCUT2D eigenvalue weighted by Gasteiger charge is -2.13. The summed E-state index contributed by atoms with van der Waals surface area (Å²) in [5.41, 5.74) is -2.72. The fourth-order valence-corrected chi connectivity index (χ4v) is 0.295. The monoisotopic (exact) mass is 121 g/mol. The van der Waals surface area contributed by atoms with Crippen molar-refractivity contribution in [3.8, 4) is 0 Å². The van der Waals surface area contributed by atoms with Gasteiger partial charge in [0.15, 0.2) is 0 Å². The van der Waals surface area contributed by atoms with Crippen LogP contribution in [0.1, 0.15) is 46.2 Å². The molecule has 0 spiro atoms. The van der Waals surface area contributed by atoms with Crippen LogP contribution in [0, 0.1) is 5.41 Å². The molecule has 0 aromatic carbocycles. The van der Waals surface area contributed by atoms with Gasteiger partial charge in [0.1, 0.15) is 0 Å². The molecule has 0 N–H and O–H groups in total. The summed E-state index contributed by atoms with van der Waals surface area (Å²) in [5.74, 6) is 0. The molecule has 0 amide bonds. The van der Waals surface area contributed by atoms with Gasteiger partial charge in [-0.3, -0.25) is 0 Å². The lowest BCUT2D eigenvalue weighted by molar-refractivity contribution is 0.420. The van der Waals surface area contributed by atoms with E-state index in [9.17, 15) is 0 Å². The molecule has 0 saturated carbocycles. The number of hydrogen-bond donors (Lipinski definition) is 0. The molecule has 0 aromatic heterocycles. The Labute approximate surface area is 65.2 Å². The first kappa shape index (κ1) is 1.42. The van der Waals surface area contributed by atoms with Crippen LogP contribution in [0.2, 0.25) is 0 Å². The van der Waals surface area contributed by atoms with Gasteiger partial charge in [-0.1, -0.05) is 32.7 Å². The Morgan fingerprint density at radius 3 is 2.50 bits per heavy atom. The molecule has 0 saturated heterocycles. The van der Waals surface area contributed by atoms with Gasteiger partial charge in [-0.25, -0.2) is 0 Å². The van der Waals surface area contributed by atoms with Crippen LogP contribution in [0.15, 0.2) is 12.2 Å². The van der Waals surface area contributed by atoms with E-state index >= 15 is 0 Å². The van der Waals surface area contributed by atoms with Crippen LogP contribution in [0.5, 0.6) is 0 Å². The Kier molecular flexibility index (Phi) is 0.516. The third-order valence-electron chi connectivity index (χ3n) is 0.660. The summed E-state index contributed by atoms with van der Waals surface area (Å²) in [6.07, 6.45) is 2.18. The van der Waals surface area contributed by atoms with Crippen molar-refractivity contribution in [3.63, 3.8) is 0 Å². The van der Waals surface area contributed by atoms with Gasteiger partial charge in [0, 0.05) is 12.3 Å². The maximum absolute atomic E-state index is 7.31. The normalized spacial score (nSPS) is 34.4. The molecular formula is C8H16. The highest BCUT2D eigenvalue weighted by molar-refractivity contribution is 4.82. The number of rotatable bonds is 1. The Balaban J connectivity index is 5.92. The molecule has 0 unspecified atom stereocenters. The largest absolute Gasteiger partial charge is 0.0916 e. The van der Waals surface area contributed by atoms with E-state index in [0.717, 1.165) is 0 Å². The molecule has 0 fully saturated rings. The van der Waals surface area contributed by atoms with Crippen molar-refractivity contribution in [2.45, 2.75) is 33.9 Å². The van der Waals surface area contributed by atoms with Crippen LogP contribution in [-0.2, 0) is 0 Å². The van der Waals surface area contributed by atoms with E-state index in [1.54, 1.807) is 6.92 Å². The molecule has 0 aromatic rings. The molecular weight excluding hydrogens is 96.1 g/mol. The minimum Gasteiger partial charge on any atom is -0.0916 e. The zero-order valence-electron chi connectivity index (χ0n) is 13.9. The minimum absolute atomic E-state index is 0.535. The van der Waals surface area contributed by atoms with Gasteiger partial charge in [-0.15, -0.1) is 0 Å². The predicted octanol–water partition coefficient (Wildman–Crippen LogP) is 3.00. The van der Waals surface area contributed by atoms with Gasteiger partial charge in [-0.2, -0.15) is 0 Å². The smallest absolute Gasteiger partial charge is 0.0236 e. The van der Waals surface area contributed by atoms with Gasteiger partial charge < -0.3 is 0 Å². The quantitative estimate of drug-likeness (QED) is 0.468. The average molecular weight is 121 g/mol. The summed E-state index contributed by atoms with van der Waals surface area (Å²) in [7, 11) is 0. The van der Waals surface area contributed by atoms with Gasteiger partial charge >= 0.3 is 0 Å². The van der Waals surface area contributed by atoms with E-state index in [0.29, 0.717) is 0 Å². The van der Waals surface area contributed by atoms with E-state index in [-0.39, 0.29) is 0 Å². The van der Waals surface area contributed by atoms with Crippen LogP contribution in [-0.4, -0.2) is 0 Å². The van der Waals surface area contributed by atoms with Crippen LogP contribution in [0.25, 0.3) is 0 Å². The highest BCUT2D eigenvalue weighted by atomic mass is 14.1. The van der Waals surface area contributed by atoms with Crippen molar-refractivity contribution in [3.05, 3.63) is 12.2 Å². The highest BCUT2D eigenvalue weighted by Gasteiger charge is 2.05. The maximum Gasteiger partial charge on any atom is 0.0236 e. The standard InChI is InChI=1S/C8H16/c1-5-6-7-8(2,3)4/h5-6H,7H2,1-4H3/b6-5+/i2D3,3D3,4D3. The molecule has 0 aliphatic heterocycles. The molecule has 0 rings (SSSR count). The Bertz CT molecular complexity index is 241. The Hall–Kier alpha value is -0.260. The van der Waals surface area contributed by atoms with Crippen LogP contribution in [0.4, 0.5) is 0 Å². The minimum atomic E-state index is -3.09. The van der Waals surface area contributed by atoms with Crippen LogP contribution in [0.3, 0.4) is 0 Å². The first-order valence-corrected chi connectivity index (χ1v) is 2.42. The average Bonchev–Trinajstić information content (AvgIpc) is 1.96. The summed E-state index contributed by atoms with van der Waals surface area (Å²) in [5, 5.41) is 0. The molecule has 0 radical (unpaired) electrons. The molecule has 0 atom stereocenters. The third kappa shape index (κ3) is 5.74. The van der Waals surface area contributed by atoms with Gasteiger partial charge in [0.2, 0.25) is 0 Å². The van der Waals surface area contributed by atoms with E-state index in [2.05, 4.69) is 0 Å². The first-order chi connectivity index (χ1) is 7.31. The maximum atomic E-state index is 7.31. The first-order valence-electron chi connectivity index (χ1n) is 6.92. The summed E-state index contributed by atoms with van der Waals surface area (Å²) in [6, 6.07) is 0. The Morgan fingerprint density at radius 1 is 1.50 bits per heavy atom. The van der Waals surface area contributed by atoms with E-state index in [1.165, 1.54) is 12.2 Å². The number of hydrogen-bond acceptors (Lipinski definition) is 0. The molecule has 0 nitrogen and oxygen atoms in total. The summed E-state index contributed by atoms with van der Waals surface area (Å²) >= 11 is 0. The SMILES string of the molecule is [2H]C([2H])([2H])C(C/C=C/C)(C([2H])([2H])[2H])C([2H])([2H])[2H]. The van der Waals surface area contributed by atoms with Crippen molar-refractivity contribution >= 4 is 0 Å². The molecule has 48 valence electrons. The fourth-order valence-electron chi connectivity index (χ4n) is 0.295. The Morgan fingerprint density at radius 2 is 2.12 bits per heavy atom. The molecule has 0 aliphatic carbocycles. The van der Waals surface area contributed by atoms with E-state index in [1.807, 2.05) is 0 Å². The second kappa shape index (κ2) is 2.91. The molecule has 8 heavy (non-hydrogen) atoms. The summed E-state index contributed by atoms with van der Waals surface area (Å²) in [6.45, 7) is -7.71. The van der Waals surface area contributed by atoms with Crippen molar-refractivity contribution in [2.75, 3.05) is 0 Å². The number of allylic oxidation sites excluding steroid dienone is 2. The molecule has 0 heterocycles. The lowest BCUT2D eigenvalue weighted by atomic mass is 9.92. The van der Waals surface area contributed by atoms with E-state index in [4.69, 9.17) is 12.3 Å². The van der Waals surface area contributed by atoms with Crippen LogP contribution >= 0.6 is 0 Å². The van der Waals surface area contributed by atoms with Crippen molar-refractivity contribution in [2.24, 2.45) is 5.41 Å². The molecule has 0 heteroatoms. The van der Waals surface area contributed by atoms with Crippen molar-refractivity contribution < 1.29 is 12.3 Å². The summed E-state index contributed by atoms with van der Waals surface area (Å²) < 4.78 is 65.8. The third-order valence-corrected chi connectivity index (χ3v) is 0.660. The second-order valence-corrected chi connectivity index (χ2v) is 1.68. The summed E-state index contributed by atoms with van der Waals surface area (Å²) in [4.78, 5) is 0. The van der Waals surface area contributed by atoms with Crippen molar-refractivity contribution in [1.29, 1.82) is 0 Å². The van der Waals surface area contributed by atoms with Gasteiger partial charge in [0.25, 0.3) is 0 Å². The van der Waals surface area contributed by atoms with Crippen LogP contribution < -0.4 is 0 Å². The van der Waals surface area contributed by atoms with Gasteiger partial charge in [0.05, 0.1) is 0 Å². The fraction of sp³-hybridized carbons (Fsp3) is 0.750. The van der Waals surface area contributed by atoms with Gasteiger partial charge in [-0.05, 0) is 18.8 Å². The predicted molar refractivity (Wildman–Crippen MR) is 38.9 cm³/mol.